The van der Waals surface area contributed by atoms with Gasteiger partial charge in [0.15, 0.2) is 0 Å². The lowest BCUT2D eigenvalue weighted by Gasteiger charge is -2.31. The van der Waals surface area contributed by atoms with Crippen LogP contribution in [0.4, 0.5) is 5.69 Å². The van der Waals surface area contributed by atoms with Crippen LogP contribution in [0.25, 0.3) is 0 Å². The van der Waals surface area contributed by atoms with E-state index in [2.05, 4.69) is 17.3 Å². The van der Waals surface area contributed by atoms with Crippen LogP contribution >= 0.6 is 11.3 Å². The third-order valence-electron chi connectivity index (χ3n) is 5.87. The molecule has 2 amide bonds. The lowest BCUT2D eigenvalue weighted by molar-refractivity contribution is -0.127. The molecular weight excluding hydrogens is 370 g/mol. The number of thiophene rings is 1. The number of hydrogen-bond donors (Lipinski definition) is 1. The normalized spacial score (nSPS) is 23.9. The van der Waals surface area contributed by atoms with Crippen LogP contribution in [0.2, 0.25) is 0 Å². The van der Waals surface area contributed by atoms with E-state index in [0.29, 0.717) is 0 Å². The quantitative estimate of drug-likeness (QED) is 0.861. The molecule has 5 nitrogen and oxygen atoms in total. The van der Waals surface area contributed by atoms with Crippen LogP contribution in [0.3, 0.4) is 0 Å². The molecule has 0 bridgehead atoms. The van der Waals surface area contributed by atoms with Gasteiger partial charge in [-0.3, -0.25) is 9.59 Å². The summed E-state index contributed by atoms with van der Waals surface area (Å²) in [6, 6.07) is 12.0. The smallest absolute Gasteiger partial charge is 0.228 e. The fourth-order valence-corrected chi connectivity index (χ4v) is 5.11. The number of rotatable bonds is 4. The van der Waals surface area contributed by atoms with Gasteiger partial charge in [0, 0.05) is 23.0 Å². The molecule has 0 radical (unpaired) electrons. The van der Waals surface area contributed by atoms with E-state index in [4.69, 9.17) is 0 Å². The summed E-state index contributed by atoms with van der Waals surface area (Å²) in [7, 11) is 2.11. The van der Waals surface area contributed by atoms with Crippen molar-refractivity contribution in [3.63, 3.8) is 0 Å². The lowest BCUT2D eigenvalue weighted by atomic mass is 9.96. The zero-order valence-corrected chi connectivity index (χ0v) is 17.2. The molecule has 2 aromatic rings. The Labute approximate surface area is 170 Å². The van der Waals surface area contributed by atoms with Gasteiger partial charge in [-0.15, -0.1) is 11.3 Å². The van der Waals surface area contributed by atoms with E-state index in [1.807, 2.05) is 53.6 Å². The van der Waals surface area contributed by atoms with Crippen molar-refractivity contribution < 1.29 is 9.59 Å². The summed E-state index contributed by atoms with van der Waals surface area (Å²) < 4.78 is 0. The monoisotopic (exact) mass is 397 g/mol. The SMILES string of the molecule is Cc1ccc(N2C(=O)C[C@@H](C(=O)NC3CCN(C)CC3)[C@@H]2c2cccs2)cc1. The van der Waals surface area contributed by atoms with E-state index in [1.54, 1.807) is 11.3 Å². The number of hydrogen-bond acceptors (Lipinski definition) is 4. The van der Waals surface area contributed by atoms with Crippen LogP contribution in [0.1, 0.15) is 35.7 Å². The zero-order valence-electron chi connectivity index (χ0n) is 16.4. The maximum Gasteiger partial charge on any atom is 0.228 e. The summed E-state index contributed by atoms with van der Waals surface area (Å²) in [5.74, 6) is -0.325. The van der Waals surface area contributed by atoms with E-state index in [0.717, 1.165) is 42.1 Å². The molecule has 2 aliphatic rings. The summed E-state index contributed by atoms with van der Waals surface area (Å²) in [5.41, 5.74) is 2.02. The molecule has 2 saturated heterocycles. The molecule has 4 rings (SSSR count). The molecule has 1 aromatic heterocycles. The van der Waals surface area contributed by atoms with Crippen molar-refractivity contribution in [2.45, 2.75) is 38.3 Å². The first kappa shape index (κ1) is 19.2. The van der Waals surface area contributed by atoms with Crippen LogP contribution in [-0.4, -0.2) is 42.9 Å². The van der Waals surface area contributed by atoms with Crippen molar-refractivity contribution in [3.8, 4) is 0 Å². The van der Waals surface area contributed by atoms with Crippen LogP contribution in [0.5, 0.6) is 0 Å². The Hall–Kier alpha value is -2.18. The predicted octanol–water partition coefficient (Wildman–Crippen LogP) is 3.36. The number of anilines is 1. The predicted molar refractivity (Wildman–Crippen MR) is 112 cm³/mol. The first-order valence-corrected chi connectivity index (χ1v) is 10.8. The van der Waals surface area contributed by atoms with Gasteiger partial charge in [0.2, 0.25) is 11.8 Å². The first-order valence-electron chi connectivity index (χ1n) is 9.94. The van der Waals surface area contributed by atoms with E-state index in [-0.39, 0.29) is 36.2 Å². The van der Waals surface area contributed by atoms with Crippen molar-refractivity contribution >= 4 is 28.8 Å². The van der Waals surface area contributed by atoms with Crippen molar-refractivity contribution in [1.29, 1.82) is 0 Å². The third kappa shape index (κ3) is 3.84. The molecule has 2 aliphatic heterocycles. The molecule has 1 aromatic carbocycles. The largest absolute Gasteiger partial charge is 0.353 e. The molecule has 1 N–H and O–H groups in total. The minimum absolute atomic E-state index is 0.0101. The molecule has 148 valence electrons. The second kappa shape index (κ2) is 8.05. The molecule has 0 saturated carbocycles. The minimum Gasteiger partial charge on any atom is -0.353 e. The van der Waals surface area contributed by atoms with Crippen LogP contribution in [0, 0.1) is 12.8 Å². The Morgan fingerprint density at radius 3 is 2.50 bits per heavy atom. The Bertz CT molecular complexity index is 826. The Morgan fingerprint density at radius 2 is 1.86 bits per heavy atom. The van der Waals surface area contributed by atoms with Crippen LogP contribution in [-0.2, 0) is 9.59 Å². The molecule has 0 aliphatic carbocycles. The number of aryl methyl sites for hydroxylation is 1. The van der Waals surface area contributed by atoms with Gasteiger partial charge >= 0.3 is 0 Å². The summed E-state index contributed by atoms with van der Waals surface area (Å²) in [6.07, 6.45) is 2.19. The summed E-state index contributed by atoms with van der Waals surface area (Å²) >= 11 is 1.61. The lowest BCUT2D eigenvalue weighted by Crippen LogP contribution is -2.46. The highest BCUT2D eigenvalue weighted by Crippen LogP contribution is 2.43. The number of nitrogens with zero attached hydrogens (tertiary/aromatic N) is 2. The second-order valence-electron chi connectivity index (χ2n) is 7.96. The number of carbonyl (C=O) groups excluding carboxylic acids is 2. The summed E-state index contributed by atoms with van der Waals surface area (Å²) in [5, 5.41) is 5.25. The average Bonchev–Trinajstić information content (AvgIpc) is 3.32. The van der Waals surface area contributed by atoms with Crippen molar-refractivity contribution in [2.24, 2.45) is 5.92 Å². The molecule has 28 heavy (non-hydrogen) atoms. The molecule has 2 atom stereocenters. The highest BCUT2D eigenvalue weighted by molar-refractivity contribution is 7.10. The van der Waals surface area contributed by atoms with Gasteiger partial charge in [0.05, 0.1) is 12.0 Å². The number of piperidine rings is 1. The maximum atomic E-state index is 13.2. The van der Waals surface area contributed by atoms with Crippen LogP contribution in [0.15, 0.2) is 41.8 Å². The first-order chi connectivity index (χ1) is 13.5. The maximum absolute atomic E-state index is 13.2. The zero-order chi connectivity index (χ0) is 19.7. The average molecular weight is 398 g/mol. The van der Waals surface area contributed by atoms with E-state index in [1.165, 1.54) is 0 Å². The van der Waals surface area contributed by atoms with Crippen molar-refractivity contribution in [3.05, 3.63) is 52.2 Å². The fraction of sp³-hybridized carbons (Fsp3) is 0.455. The van der Waals surface area contributed by atoms with Crippen LogP contribution < -0.4 is 10.2 Å². The second-order valence-corrected chi connectivity index (χ2v) is 8.94. The molecule has 3 heterocycles. The Balaban J connectivity index is 1.58. The number of benzene rings is 1. The van der Waals surface area contributed by atoms with E-state index < -0.39 is 0 Å². The van der Waals surface area contributed by atoms with E-state index >= 15 is 0 Å². The summed E-state index contributed by atoms with van der Waals surface area (Å²) in [4.78, 5) is 31.3. The molecule has 0 spiro atoms. The van der Waals surface area contributed by atoms with Gasteiger partial charge in [-0.2, -0.15) is 0 Å². The fourth-order valence-electron chi connectivity index (χ4n) is 4.23. The molecule has 6 heteroatoms. The Kier molecular flexibility index (Phi) is 5.51. The number of amides is 2. The van der Waals surface area contributed by atoms with Gasteiger partial charge in [0.25, 0.3) is 0 Å². The topological polar surface area (TPSA) is 52.7 Å². The van der Waals surface area contributed by atoms with Gasteiger partial charge < -0.3 is 15.1 Å². The number of nitrogens with one attached hydrogen (secondary N) is 1. The molecule has 2 fully saturated rings. The van der Waals surface area contributed by atoms with Crippen molar-refractivity contribution in [1.82, 2.24) is 10.2 Å². The highest BCUT2D eigenvalue weighted by atomic mass is 32.1. The Morgan fingerprint density at radius 1 is 1.14 bits per heavy atom. The standard InChI is InChI=1S/C22H27N3O2S/c1-15-5-7-17(8-6-15)25-20(26)14-18(21(25)19-4-3-13-28-19)22(27)23-16-9-11-24(2)12-10-16/h3-8,13,16,18,21H,9-12,14H2,1-2H3,(H,23,27)/t18-,21-/m1/s1. The molecule has 0 unspecified atom stereocenters. The van der Waals surface area contributed by atoms with Gasteiger partial charge in [-0.05, 0) is 63.5 Å². The van der Waals surface area contributed by atoms with Gasteiger partial charge in [0.1, 0.15) is 0 Å². The van der Waals surface area contributed by atoms with Gasteiger partial charge in [-0.25, -0.2) is 0 Å². The number of likely N-dealkylation sites (tertiary alicyclic amines) is 1. The van der Waals surface area contributed by atoms with Gasteiger partial charge in [-0.1, -0.05) is 23.8 Å². The van der Waals surface area contributed by atoms with E-state index in [9.17, 15) is 9.59 Å². The summed E-state index contributed by atoms with van der Waals surface area (Å²) in [6.45, 7) is 4.03. The third-order valence-corrected chi connectivity index (χ3v) is 6.81. The van der Waals surface area contributed by atoms with Crippen molar-refractivity contribution in [2.75, 3.05) is 25.0 Å². The minimum atomic E-state index is -0.355. The molecular formula is C22H27N3O2S. The number of carbonyl (C=O) groups is 2. The highest BCUT2D eigenvalue weighted by Gasteiger charge is 2.46.